The quantitative estimate of drug-likeness (QED) is 0.604. The van der Waals surface area contributed by atoms with Crippen LogP contribution in [-0.4, -0.2) is 9.67 Å². The minimum absolute atomic E-state index is 0.152. The number of benzene rings is 1. The van der Waals surface area contributed by atoms with Gasteiger partial charge in [0, 0.05) is 10.7 Å². The Bertz CT molecular complexity index is 598. The van der Waals surface area contributed by atoms with Gasteiger partial charge in [-0.1, -0.05) is 12.1 Å². The maximum absolute atomic E-state index is 11.5. The molecular weight excluding hydrogens is 204 g/mol. The molecule has 2 aromatic rings. The van der Waals surface area contributed by atoms with Crippen LogP contribution in [0.4, 0.5) is 0 Å². The van der Waals surface area contributed by atoms with Crippen molar-refractivity contribution in [1.29, 1.82) is 5.26 Å². The monoisotopic (exact) mass is 207 g/mol. The van der Waals surface area contributed by atoms with Gasteiger partial charge >= 0.3 is 5.52 Å². The van der Waals surface area contributed by atoms with E-state index in [0.717, 1.165) is 0 Å². The lowest BCUT2D eigenvalue weighted by atomic mass is 10.3. The second kappa shape index (κ2) is 3.09. The van der Waals surface area contributed by atoms with Crippen molar-refractivity contribution in [2.24, 2.45) is 0 Å². The average molecular weight is 208 g/mol. The van der Waals surface area contributed by atoms with Gasteiger partial charge in [0.15, 0.2) is 4.54 Å². The van der Waals surface area contributed by atoms with Gasteiger partial charge in [0.2, 0.25) is 0 Å². The van der Waals surface area contributed by atoms with Gasteiger partial charge in [0.25, 0.3) is 11.5 Å². The number of halogens is 1. The predicted octanol–water partition coefficient (Wildman–Crippen LogP) is 0.933. The van der Waals surface area contributed by atoms with E-state index in [0.29, 0.717) is 20.3 Å². The maximum Gasteiger partial charge on any atom is 0.319 e. The minimum Gasteiger partial charge on any atom is -0.207 e. The van der Waals surface area contributed by atoms with Crippen LogP contribution in [0.15, 0.2) is 24.3 Å². The number of rotatable bonds is 0. The van der Waals surface area contributed by atoms with Gasteiger partial charge in [0.05, 0.1) is 4.91 Å². The van der Waals surface area contributed by atoms with E-state index in [-0.39, 0.29) is 5.28 Å². The van der Waals surface area contributed by atoms with Crippen LogP contribution >= 0.6 is 11.6 Å². The van der Waals surface area contributed by atoms with Crippen LogP contribution in [0.2, 0.25) is 5.28 Å². The zero-order valence-electron chi connectivity index (χ0n) is 6.88. The summed E-state index contributed by atoms with van der Waals surface area (Å²) in [6, 6.07) is 6.65. The first-order valence-corrected chi connectivity index (χ1v) is 4.12. The molecule has 0 spiro atoms. The summed E-state index contributed by atoms with van der Waals surface area (Å²) in [6.45, 7) is 0. The normalized spacial score (nSPS) is 10.0. The van der Waals surface area contributed by atoms with E-state index in [2.05, 4.69) is 4.98 Å². The third-order valence-corrected chi connectivity index (χ3v) is 2.00. The third-order valence-electron chi connectivity index (χ3n) is 1.75. The number of hydrogen-bond acceptors (Lipinski definition) is 3. The molecule has 2 rings (SSSR count). The Labute approximate surface area is 83.4 Å². The van der Waals surface area contributed by atoms with Crippen LogP contribution in [0.1, 0.15) is 0 Å². The smallest absolute Gasteiger partial charge is 0.207 e. The van der Waals surface area contributed by atoms with Crippen molar-refractivity contribution in [3.63, 3.8) is 0 Å². The molecule has 0 fully saturated rings. The minimum atomic E-state index is -0.152. The summed E-state index contributed by atoms with van der Waals surface area (Å²) in [5.41, 5.74) is 0.762. The van der Waals surface area contributed by atoms with Gasteiger partial charge in [-0.2, -0.15) is 5.26 Å². The molecule has 1 aromatic carbocycles. The molecule has 68 valence electrons. The Morgan fingerprint density at radius 3 is 2.93 bits per heavy atom. The third kappa shape index (κ3) is 1.13. The van der Waals surface area contributed by atoms with Gasteiger partial charge in [-0.25, -0.2) is 4.98 Å². The van der Waals surface area contributed by atoms with Crippen molar-refractivity contribution in [3.8, 4) is 6.19 Å². The number of aromatic nitrogens is 3. The molecule has 0 saturated heterocycles. The van der Waals surface area contributed by atoms with E-state index < -0.39 is 0 Å². The lowest BCUT2D eigenvalue weighted by molar-refractivity contribution is -0.558. The van der Waals surface area contributed by atoms with Crippen LogP contribution in [-0.2, 0) is 0 Å². The van der Waals surface area contributed by atoms with E-state index in [1.807, 2.05) is 0 Å². The zero-order chi connectivity index (χ0) is 10.1. The zero-order valence-corrected chi connectivity index (χ0v) is 7.64. The van der Waals surface area contributed by atoms with Gasteiger partial charge < -0.3 is 0 Å². The summed E-state index contributed by atoms with van der Waals surface area (Å²) in [6.07, 6.45) is 1.63. The molecule has 1 aromatic heterocycles. The maximum atomic E-state index is 11.5. The summed E-state index contributed by atoms with van der Waals surface area (Å²) < 4.78 is 1.08. The summed E-state index contributed by atoms with van der Waals surface area (Å²) in [4.78, 5) is 15.4. The fraction of sp³-hybridized carbons (Fsp3) is 0. The molecule has 6 heteroatoms. The Morgan fingerprint density at radius 2 is 2.21 bits per heavy atom. The van der Waals surface area contributed by atoms with Crippen LogP contribution in [0.25, 0.3) is 11.0 Å². The molecule has 0 amide bonds. The molecule has 14 heavy (non-hydrogen) atoms. The topological polar surface area (TPSA) is 64.6 Å². The molecule has 0 bridgehead atoms. The fourth-order valence-corrected chi connectivity index (χ4v) is 1.33. The summed E-state index contributed by atoms with van der Waals surface area (Å²) in [5.74, 6) is 0. The highest BCUT2D eigenvalue weighted by Gasteiger charge is 2.16. The number of para-hydroxylation sites is 2. The van der Waals surface area contributed by atoms with Crippen molar-refractivity contribution in [2.45, 2.75) is 0 Å². The SMILES string of the molecule is N#Cn1c(Cl)nc2ccccc2[n+]1=O. The number of nitrogens with zero attached hydrogens (tertiary/aromatic N) is 4. The highest BCUT2D eigenvalue weighted by Crippen LogP contribution is 2.08. The standard InChI is InChI=1S/C8H4ClN4O/c9-8-11-6-3-1-2-4-7(6)13(14)12(8)5-10/h1-4H/q+1. The van der Waals surface area contributed by atoms with E-state index in [4.69, 9.17) is 16.9 Å². The van der Waals surface area contributed by atoms with Gasteiger partial charge in [-0.05, 0) is 17.7 Å². The van der Waals surface area contributed by atoms with Crippen LogP contribution in [0.5, 0.6) is 0 Å². The second-order valence-corrected chi connectivity index (χ2v) is 2.89. The number of fused-ring (bicyclic) bond motifs is 1. The van der Waals surface area contributed by atoms with Crippen molar-refractivity contribution in [1.82, 2.24) is 9.67 Å². The molecule has 0 saturated carbocycles. The first-order chi connectivity index (χ1) is 6.74. The number of nitriles is 1. The molecule has 1 heterocycles. The first-order valence-electron chi connectivity index (χ1n) is 3.74. The van der Waals surface area contributed by atoms with Crippen molar-refractivity contribution < 1.29 is 4.54 Å². The number of hydrogen-bond donors (Lipinski definition) is 0. The highest BCUT2D eigenvalue weighted by atomic mass is 35.5. The molecule has 5 nitrogen and oxygen atoms in total. The van der Waals surface area contributed by atoms with Gasteiger partial charge in [0.1, 0.15) is 5.52 Å². The molecule has 0 aliphatic carbocycles. The van der Waals surface area contributed by atoms with Gasteiger partial charge in [-0.15, -0.1) is 0 Å². The van der Waals surface area contributed by atoms with Gasteiger partial charge in [-0.3, -0.25) is 0 Å². The Kier molecular flexibility index (Phi) is 1.91. The molecule has 0 aliphatic rings. The Balaban J connectivity index is 3.03. The van der Waals surface area contributed by atoms with Crippen molar-refractivity contribution in [2.75, 3.05) is 0 Å². The highest BCUT2D eigenvalue weighted by molar-refractivity contribution is 6.28. The Hall–Kier alpha value is -1.93. The average Bonchev–Trinajstić information content (AvgIpc) is 2.18. The summed E-state index contributed by atoms with van der Waals surface area (Å²) in [5, 5.41) is 8.47. The van der Waals surface area contributed by atoms with E-state index in [1.54, 1.807) is 30.5 Å². The van der Waals surface area contributed by atoms with E-state index >= 15 is 0 Å². The van der Waals surface area contributed by atoms with E-state index in [9.17, 15) is 4.91 Å². The van der Waals surface area contributed by atoms with Crippen LogP contribution in [0.3, 0.4) is 0 Å². The second-order valence-electron chi connectivity index (χ2n) is 2.55. The first kappa shape index (κ1) is 8.66. The fourth-order valence-electron chi connectivity index (χ4n) is 1.13. The predicted molar refractivity (Wildman–Crippen MR) is 49.1 cm³/mol. The molecular formula is C8H4ClN4O+. The lowest BCUT2D eigenvalue weighted by Crippen LogP contribution is -2.30. The van der Waals surface area contributed by atoms with E-state index in [1.165, 1.54) is 0 Å². The van der Waals surface area contributed by atoms with Crippen LogP contribution in [0, 0.1) is 16.4 Å². The molecule has 0 atom stereocenters. The van der Waals surface area contributed by atoms with Crippen molar-refractivity contribution >= 4 is 22.6 Å². The molecule has 0 radical (unpaired) electrons. The van der Waals surface area contributed by atoms with Crippen LogP contribution < -0.4 is 4.54 Å². The Morgan fingerprint density at radius 1 is 1.50 bits per heavy atom. The molecule has 0 N–H and O–H groups in total. The lowest BCUT2D eigenvalue weighted by Gasteiger charge is -1.91. The largest absolute Gasteiger partial charge is 0.319 e. The summed E-state index contributed by atoms with van der Waals surface area (Å²) >= 11 is 5.62. The molecule has 0 unspecified atom stereocenters. The summed E-state index contributed by atoms with van der Waals surface area (Å²) in [7, 11) is 0. The van der Waals surface area contributed by atoms with Crippen molar-refractivity contribution in [3.05, 3.63) is 34.5 Å². The molecule has 0 aliphatic heterocycles.